The van der Waals surface area contributed by atoms with Crippen LogP contribution in [-0.4, -0.2) is 107 Å². The van der Waals surface area contributed by atoms with Gasteiger partial charge in [0, 0.05) is 101 Å². The van der Waals surface area contributed by atoms with Gasteiger partial charge in [0.25, 0.3) is 23.3 Å². The molecule has 63 heavy (non-hydrogen) atoms. The lowest BCUT2D eigenvalue weighted by Crippen LogP contribution is -2.54. The van der Waals surface area contributed by atoms with Crippen LogP contribution in [-0.2, 0) is 34.0 Å². The number of halogens is 1. The predicted octanol–water partition coefficient (Wildman–Crippen LogP) is 4.76. The first-order chi connectivity index (χ1) is 30.3. The highest BCUT2D eigenvalue weighted by Gasteiger charge is 2.46. The molecule has 0 spiro atoms. The molecule has 3 aromatic carbocycles. The Morgan fingerprint density at radius 2 is 1.52 bits per heavy atom. The molecule has 8 rings (SSSR count). The van der Waals surface area contributed by atoms with Gasteiger partial charge in [-0.15, -0.1) is 0 Å². The maximum absolute atomic E-state index is 15.4. The second-order valence-electron chi connectivity index (χ2n) is 17.1. The van der Waals surface area contributed by atoms with Gasteiger partial charge in [-0.2, -0.15) is 0 Å². The normalized spacial score (nSPS) is 18.7. The van der Waals surface area contributed by atoms with Crippen molar-refractivity contribution >= 4 is 35.2 Å². The number of ether oxygens (including phenoxy) is 1. The Kier molecular flexibility index (Phi) is 12.7. The Hall–Kier alpha value is -6.03. The number of imide groups is 2. The quantitative estimate of drug-likeness (QED) is 0.169. The van der Waals surface area contributed by atoms with Crippen molar-refractivity contribution in [3.05, 3.63) is 121 Å². The maximum atomic E-state index is 15.4. The molecule has 0 aliphatic carbocycles. The number of aromatic nitrogens is 1. The second-order valence-corrected chi connectivity index (χ2v) is 17.1. The van der Waals surface area contributed by atoms with E-state index in [1.54, 1.807) is 6.07 Å². The van der Waals surface area contributed by atoms with Crippen molar-refractivity contribution in [1.29, 1.82) is 0 Å². The van der Waals surface area contributed by atoms with Crippen molar-refractivity contribution in [2.75, 3.05) is 50.8 Å². The van der Waals surface area contributed by atoms with Gasteiger partial charge < -0.3 is 19.9 Å². The van der Waals surface area contributed by atoms with Crippen LogP contribution in [0.3, 0.4) is 0 Å². The lowest BCUT2D eigenvalue weighted by molar-refractivity contribution is -0.136. The van der Waals surface area contributed by atoms with Gasteiger partial charge in [-0.05, 0) is 111 Å². The van der Waals surface area contributed by atoms with Crippen LogP contribution >= 0.6 is 0 Å². The SMILES string of the molecule is CCN(c1cc(-c2ccc(CN3CCN(Cc4cc(F)c5c(c4)C(=O)N(C4CCC(=O)NC4=O)C5=O)CC3)cc2)cc(C(=O)NCc2c(C)cc(C)[nH]c2=O)c1C)C1CCOCC1. The minimum absolute atomic E-state index is 0.00365. The number of pyridine rings is 1. The minimum Gasteiger partial charge on any atom is -0.381 e. The zero-order valence-corrected chi connectivity index (χ0v) is 36.3. The molecule has 5 heterocycles. The van der Waals surface area contributed by atoms with Crippen molar-refractivity contribution in [2.45, 2.75) is 85.1 Å². The van der Waals surface area contributed by atoms with Crippen LogP contribution in [0.2, 0.25) is 0 Å². The molecule has 14 nitrogen and oxygen atoms in total. The van der Waals surface area contributed by atoms with E-state index in [1.807, 2.05) is 32.9 Å². The minimum atomic E-state index is -1.16. The third-order valence-corrected chi connectivity index (χ3v) is 12.9. The Balaban J connectivity index is 0.933. The van der Waals surface area contributed by atoms with E-state index in [0.717, 1.165) is 83.1 Å². The summed E-state index contributed by atoms with van der Waals surface area (Å²) in [5, 5.41) is 5.19. The average Bonchev–Trinajstić information content (AvgIpc) is 3.51. The number of aromatic amines is 1. The molecule has 3 N–H and O–H groups in total. The Morgan fingerprint density at radius 3 is 2.17 bits per heavy atom. The van der Waals surface area contributed by atoms with Crippen molar-refractivity contribution in [3.63, 3.8) is 0 Å². The monoisotopic (exact) mass is 859 g/mol. The zero-order chi connectivity index (χ0) is 44.5. The molecular formula is C48H54FN7O7. The molecule has 3 fully saturated rings. The first-order valence-electron chi connectivity index (χ1n) is 21.8. The standard InChI is InChI=1S/C48H54FN7O7/c1-5-55(35-12-18-63-19-13-35)41-24-34(23-36(30(41)4)44(58)50-25-38-28(2)20-29(3)51-45(38)59)33-8-6-31(7-9-33)26-53-14-16-54(17-15-53)27-32-21-37-43(39(49)22-32)48(62)56(47(37)61)40-10-11-42(57)52-46(40)60/h6-9,20-24,35,40H,5,10-19,25-27H2,1-4H3,(H,50,58)(H,51,59)(H,52,57,60). The zero-order valence-electron chi connectivity index (χ0n) is 36.3. The van der Waals surface area contributed by atoms with E-state index < -0.39 is 35.5 Å². The first kappa shape index (κ1) is 43.6. The molecule has 15 heteroatoms. The van der Waals surface area contributed by atoms with Crippen LogP contribution < -0.4 is 21.1 Å². The van der Waals surface area contributed by atoms with Gasteiger partial charge in [0.15, 0.2) is 0 Å². The second kappa shape index (κ2) is 18.4. The number of hydrogen-bond acceptors (Lipinski definition) is 10. The van der Waals surface area contributed by atoms with Crippen molar-refractivity contribution in [1.82, 2.24) is 30.3 Å². The number of anilines is 1. The number of nitrogens with one attached hydrogen (secondary N) is 3. The molecular weight excluding hydrogens is 806 g/mol. The smallest absolute Gasteiger partial charge is 0.265 e. The van der Waals surface area contributed by atoms with E-state index in [0.29, 0.717) is 49.5 Å². The third-order valence-electron chi connectivity index (χ3n) is 12.9. The molecule has 0 radical (unpaired) electrons. The summed E-state index contributed by atoms with van der Waals surface area (Å²) < 4.78 is 21.1. The first-order valence-corrected chi connectivity index (χ1v) is 21.8. The number of carbonyl (C=O) groups is 5. The number of benzene rings is 3. The number of aryl methyl sites for hydroxylation is 2. The number of nitrogens with zero attached hydrogens (tertiary/aromatic N) is 4. The molecule has 1 unspecified atom stereocenters. The summed E-state index contributed by atoms with van der Waals surface area (Å²) >= 11 is 0. The summed E-state index contributed by atoms with van der Waals surface area (Å²) in [5.74, 6) is -3.83. The lowest BCUT2D eigenvalue weighted by atomic mass is 9.94. The van der Waals surface area contributed by atoms with E-state index in [4.69, 9.17) is 4.74 Å². The summed E-state index contributed by atoms with van der Waals surface area (Å²) in [7, 11) is 0. The van der Waals surface area contributed by atoms with Crippen LogP contribution in [0.1, 0.15) is 97.2 Å². The van der Waals surface area contributed by atoms with Gasteiger partial charge in [-0.1, -0.05) is 24.3 Å². The van der Waals surface area contributed by atoms with Crippen molar-refractivity contribution in [3.8, 4) is 11.1 Å². The van der Waals surface area contributed by atoms with Crippen LogP contribution in [0, 0.1) is 26.6 Å². The van der Waals surface area contributed by atoms with Gasteiger partial charge in [0.05, 0.1) is 11.1 Å². The fourth-order valence-electron chi connectivity index (χ4n) is 9.51. The summed E-state index contributed by atoms with van der Waals surface area (Å²) in [5.41, 5.74) is 7.60. The summed E-state index contributed by atoms with van der Waals surface area (Å²) in [4.78, 5) is 87.9. The van der Waals surface area contributed by atoms with E-state index in [2.05, 4.69) is 67.6 Å². The summed E-state index contributed by atoms with van der Waals surface area (Å²) in [6.07, 6.45) is 1.80. The number of H-pyrrole nitrogens is 1. The van der Waals surface area contributed by atoms with Crippen molar-refractivity contribution < 1.29 is 33.1 Å². The largest absolute Gasteiger partial charge is 0.381 e. The van der Waals surface area contributed by atoms with Crippen LogP contribution in [0.25, 0.3) is 11.1 Å². The number of fused-ring (bicyclic) bond motifs is 1. The molecule has 1 atom stereocenters. The van der Waals surface area contributed by atoms with Crippen molar-refractivity contribution in [2.24, 2.45) is 0 Å². The summed E-state index contributed by atoms with van der Waals surface area (Å²) in [6.45, 7) is 14.2. The number of carbonyl (C=O) groups excluding carboxylic acids is 5. The Labute approximate surface area is 365 Å². The van der Waals surface area contributed by atoms with Crippen LogP contribution in [0.5, 0.6) is 0 Å². The molecule has 5 amide bonds. The number of piperazine rings is 1. The summed E-state index contributed by atoms with van der Waals surface area (Å²) in [6, 6.07) is 16.4. The molecule has 1 aromatic heterocycles. The molecule has 0 saturated carbocycles. The number of hydrogen-bond donors (Lipinski definition) is 3. The topological polar surface area (TPSA) is 164 Å². The molecule has 3 saturated heterocycles. The van der Waals surface area contributed by atoms with Gasteiger partial charge in [0.2, 0.25) is 11.8 Å². The van der Waals surface area contributed by atoms with E-state index in [-0.39, 0.29) is 48.0 Å². The van der Waals surface area contributed by atoms with Crippen LogP contribution in [0.4, 0.5) is 10.1 Å². The van der Waals surface area contributed by atoms with E-state index in [1.165, 1.54) is 6.07 Å². The highest BCUT2D eigenvalue weighted by atomic mass is 19.1. The molecule has 4 aliphatic heterocycles. The Morgan fingerprint density at radius 1 is 0.841 bits per heavy atom. The van der Waals surface area contributed by atoms with Gasteiger partial charge >= 0.3 is 0 Å². The molecule has 330 valence electrons. The lowest BCUT2D eigenvalue weighted by Gasteiger charge is -2.37. The number of piperidine rings is 1. The average molecular weight is 860 g/mol. The van der Waals surface area contributed by atoms with E-state index in [9.17, 15) is 28.8 Å². The maximum Gasteiger partial charge on any atom is 0.265 e. The predicted molar refractivity (Wildman–Crippen MR) is 235 cm³/mol. The number of amides is 5. The highest BCUT2D eigenvalue weighted by molar-refractivity contribution is 6.23. The third kappa shape index (κ3) is 9.08. The number of rotatable bonds is 12. The van der Waals surface area contributed by atoms with Crippen LogP contribution in [0.15, 0.2) is 59.4 Å². The van der Waals surface area contributed by atoms with Gasteiger partial charge in [-0.3, -0.25) is 48.8 Å². The van der Waals surface area contributed by atoms with E-state index >= 15 is 4.39 Å². The fourth-order valence-corrected chi connectivity index (χ4v) is 9.51. The molecule has 4 aliphatic rings. The highest BCUT2D eigenvalue weighted by Crippen LogP contribution is 2.35. The molecule has 0 bridgehead atoms. The fraction of sp³-hybridized carbons (Fsp3) is 0.417. The Bertz CT molecular complexity index is 2530. The molecule has 4 aromatic rings. The van der Waals surface area contributed by atoms with Gasteiger partial charge in [0.1, 0.15) is 11.9 Å². The van der Waals surface area contributed by atoms with Gasteiger partial charge in [-0.25, -0.2) is 4.39 Å².